The summed E-state index contributed by atoms with van der Waals surface area (Å²) in [6.07, 6.45) is 2.15. The molecule has 0 aliphatic heterocycles. The SMILES string of the molecule is CCc1ccc([C@@H](NC(=O)COC(=O)c2cccc[n+]2[O-])C(C)C)cc1. The molecule has 1 aromatic carbocycles. The van der Waals surface area contributed by atoms with Crippen molar-refractivity contribution in [1.82, 2.24) is 5.32 Å². The summed E-state index contributed by atoms with van der Waals surface area (Å²) in [6.45, 7) is 5.66. The van der Waals surface area contributed by atoms with Gasteiger partial charge in [0.15, 0.2) is 12.8 Å². The molecule has 0 bridgehead atoms. The average molecular weight is 356 g/mol. The highest BCUT2D eigenvalue weighted by Gasteiger charge is 2.21. The van der Waals surface area contributed by atoms with Gasteiger partial charge in [0.25, 0.3) is 5.91 Å². The summed E-state index contributed by atoms with van der Waals surface area (Å²) in [4.78, 5) is 24.1. The lowest BCUT2D eigenvalue weighted by Gasteiger charge is -2.23. The van der Waals surface area contributed by atoms with Crippen LogP contribution in [0.2, 0.25) is 0 Å². The highest BCUT2D eigenvalue weighted by Crippen LogP contribution is 2.22. The van der Waals surface area contributed by atoms with Crippen LogP contribution in [0.5, 0.6) is 0 Å². The zero-order valence-corrected chi connectivity index (χ0v) is 15.3. The number of nitrogens with zero attached hydrogens (tertiary/aromatic N) is 1. The Morgan fingerprint density at radius 1 is 1.15 bits per heavy atom. The van der Waals surface area contributed by atoms with Gasteiger partial charge >= 0.3 is 11.7 Å². The van der Waals surface area contributed by atoms with Gasteiger partial charge in [-0.05, 0) is 29.5 Å². The molecule has 0 aliphatic rings. The number of aryl methyl sites for hydroxylation is 1. The molecule has 138 valence electrons. The van der Waals surface area contributed by atoms with E-state index in [0.29, 0.717) is 4.73 Å². The van der Waals surface area contributed by atoms with Gasteiger partial charge in [0.05, 0.1) is 6.04 Å². The Morgan fingerprint density at radius 2 is 1.85 bits per heavy atom. The van der Waals surface area contributed by atoms with Crippen molar-refractivity contribution in [2.24, 2.45) is 5.92 Å². The molecule has 0 saturated carbocycles. The van der Waals surface area contributed by atoms with E-state index in [0.717, 1.165) is 12.0 Å². The van der Waals surface area contributed by atoms with Gasteiger partial charge in [0.1, 0.15) is 0 Å². The van der Waals surface area contributed by atoms with Gasteiger partial charge in [-0.15, -0.1) is 0 Å². The van der Waals surface area contributed by atoms with Crippen molar-refractivity contribution in [1.29, 1.82) is 0 Å². The van der Waals surface area contributed by atoms with Crippen LogP contribution in [0.15, 0.2) is 48.7 Å². The van der Waals surface area contributed by atoms with E-state index in [1.165, 1.54) is 23.9 Å². The molecule has 1 aromatic heterocycles. The number of hydrogen-bond acceptors (Lipinski definition) is 4. The van der Waals surface area contributed by atoms with Crippen LogP contribution in [0.25, 0.3) is 0 Å². The average Bonchev–Trinajstić information content (AvgIpc) is 2.64. The van der Waals surface area contributed by atoms with Crippen molar-refractivity contribution in [3.05, 3.63) is 70.7 Å². The maximum absolute atomic E-state index is 12.2. The minimum atomic E-state index is -0.829. The predicted octanol–water partition coefficient (Wildman–Crippen LogP) is 2.55. The van der Waals surface area contributed by atoms with Gasteiger partial charge in [0.2, 0.25) is 0 Å². The summed E-state index contributed by atoms with van der Waals surface area (Å²) in [7, 11) is 0. The van der Waals surface area contributed by atoms with Crippen LogP contribution >= 0.6 is 0 Å². The third-order valence-electron chi connectivity index (χ3n) is 4.10. The fourth-order valence-corrected chi connectivity index (χ4v) is 2.60. The fourth-order valence-electron chi connectivity index (χ4n) is 2.60. The number of benzene rings is 1. The first-order valence-corrected chi connectivity index (χ1v) is 8.66. The molecular formula is C20H24N2O4. The number of carbonyl (C=O) groups excluding carboxylic acids is 2. The molecule has 0 spiro atoms. The van der Waals surface area contributed by atoms with E-state index < -0.39 is 18.5 Å². The van der Waals surface area contributed by atoms with E-state index in [9.17, 15) is 14.8 Å². The predicted molar refractivity (Wildman–Crippen MR) is 97.2 cm³/mol. The van der Waals surface area contributed by atoms with Crippen LogP contribution in [-0.4, -0.2) is 18.5 Å². The smallest absolute Gasteiger partial charge is 0.405 e. The molecule has 2 rings (SSSR count). The maximum atomic E-state index is 12.2. The third-order valence-corrected chi connectivity index (χ3v) is 4.10. The van der Waals surface area contributed by atoms with Crippen molar-refractivity contribution in [3.8, 4) is 0 Å². The molecule has 6 heteroatoms. The number of rotatable bonds is 7. The van der Waals surface area contributed by atoms with E-state index in [1.54, 1.807) is 6.07 Å². The van der Waals surface area contributed by atoms with Crippen LogP contribution < -0.4 is 10.0 Å². The molecule has 1 amide bonds. The topological polar surface area (TPSA) is 82.3 Å². The summed E-state index contributed by atoms with van der Waals surface area (Å²) in [5.74, 6) is -1.07. The number of ether oxygens (including phenoxy) is 1. The molecule has 1 N–H and O–H groups in total. The van der Waals surface area contributed by atoms with E-state index in [2.05, 4.69) is 12.2 Å². The van der Waals surface area contributed by atoms with Gasteiger partial charge in [-0.1, -0.05) is 45.0 Å². The molecule has 1 heterocycles. The number of pyridine rings is 1. The van der Waals surface area contributed by atoms with Crippen LogP contribution in [-0.2, 0) is 16.0 Å². The van der Waals surface area contributed by atoms with Crippen LogP contribution in [0.4, 0.5) is 0 Å². The summed E-state index contributed by atoms with van der Waals surface area (Å²) >= 11 is 0. The zero-order chi connectivity index (χ0) is 19.1. The Morgan fingerprint density at radius 3 is 2.42 bits per heavy atom. The standard InChI is InChI=1S/C20H24N2O4/c1-4-15-8-10-16(11-9-15)19(14(2)3)21-18(23)13-26-20(24)17-7-5-6-12-22(17)25/h5-12,14,19H,4,13H2,1-3H3,(H,21,23)/t19-/m0/s1. The van der Waals surface area contributed by atoms with Crippen LogP contribution in [0.1, 0.15) is 48.4 Å². The summed E-state index contributed by atoms with van der Waals surface area (Å²) in [6, 6.07) is 12.3. The van der Waals surface area contributed by atoms with Crippen molar-refractivity contribution < 1.29 is 19.1 Å². The Labute approximate surface area is 153 Å². The minimum Gasteiger partial charge on any atom is -0.618 e. The minimum absolute atomic E-state index is 0.157. The van der Waals surface area contributed by atoms with Gasteiger partial charge in [-0.25, -0.2) is 4.79 Å². The number of carbonyl (C=O) groups is 2. The molecule has 1 atom stereocenters. The van der Waals surface area contributed by atoms with Gasteiger partial charge in [0, 0.05) is 12.1 Å². The van der Waals surface area contributed by atoms with E-state index >= 15 is 0 Å². The normalized spacial score (nSPS) is 11.8. The molecule has 0 saturated heterocycles. The van der Waals surface area contributed by atoms with Gasteiger partial charge < -0.3 is 15.3 Å². The molecule has 0 aliphatic carbocycles. The first-order chi connectivity index (χ1) is 12.4. The Balaban J connectivity index is 1.97. The van der Waals surface area contributed by atoms with Gasteiger partial charge in [-0.3, -0.25) is 4.79 Å². The number of hydrogen-bond donors (Lipinski definition) is 1. The van der Waals surface area contributed by atoms with Crippen LogP contribution in [0, 0.1) is 11.1 Å². The summed E-state index contributed by atoms with van der Waals surface area (Å²) < 4.78 is 5.36. The number of nitrogens with one attached hydrogen (secondary N) is 1. The molecule has 0 fully saturated rings. The van der Waals surface area contributed by atoms with Gasteiger partial charge in [-0.2, -0.15) is 4.73 Å². The largest absolute Gasteiger partial charge is 0.618 e. The van der Waals surface area contributed by atoms with E-state index in [-0.39, 0.29) is 17.7 Å². The maximum Gasteiger partial charge on any atom is 0.405 e. The second-order valence-corrected chi connectivity index (χ2v) is 6.37. The molecule has 2 aromatic rings. The summed E-state index contributed by atoms with van der Waals surface area (Å²) in [5, 5.41) is 14.4. The highest BCUT2D eigenvalue weighted by molar-refractivity contribution is 5.88. The first-order valence-electron chi connectivity index (χ1n) is 8.66. The van der Waals surface area contributed by atoms with Crippen molar-refractivity contribution >= 4 is 11.9 Å². The third kappa shape index (κ3) is 5.05. The number of esters is 1. The highest BCUT2D eigenvalue weighted by atomic mass is 16.5. The van der Waals surface area contributed by atoms with Crippen molar-refractivity contribution in [2.75, 3.05) is 6.61 Å². The fraction of sp³-hybridized carbons (Fsp3) is 0.350. The molecule has 0 radical (unpaired) electrons. The number of amides is 1. The van der Waals surface area contributed by atoms with Crippen LogP contribution in [0.3, 0.4) is 0 Å². The summed E-state index contributed by atoms with van der Waals surface area (Å²) in [5.41, 5.74) is 2.07. The quantitative estimate of drug-likeness (QED) is 0.469. The lowest BCUT2D eigenvalue weighted by atomic mass is 9.95. The molecular weight excluding hydrogens is 332 g/mol. The van der Waals surface area contributed by atoms with Crippen molar-refractivity contribution in [2.45, 2.75) is 33.2 Å². The monoisotopic (exact) mass is 356 g/mol. The molecule has 26 heavy (non-hydrogen) atoms. The zero-order valence-electron chi connectivity index (χ0n) is 15.3. The lowest BCUT2D eigenvalue weighted by molar-refractivity contribution is -0.608. The Kier molecular flexibility index (Phi) is 6.72. The second-order valence-electron chi connectivity index (χ2n) is 6.37. The van der Waals surface area contributed by atoms with E-state index in [4.69, 9.17) is 4.74 Å². The lowest BCUT2D eigenvalue weighted by Crippen LogP contribution is -2.37. The van der Waals surface area contributed by atoms with Crippen molar-refractivity contribution in [3.63, 3.8) is 0 Å². The first kappa shape index (κ1) is 19.4. The second kappa shape index (κ2) is 8.99. The Hall–Kier alpha value is -2.89. The molecule has 0 unspecified atom stereocenters. The molecule has 6 nitrogen and oxygen atoms in total. The Bertz CT molecular complexity index is 757. The number of aromatic nitrogens is 1. The van der Waals surface area contributed by atoms with E-state index in [1.807, 2.05) is 38.1 Å².